The van der Waals surface area contributed by atoms with Crippen molar-refractivity contribution >= 4 is 11.3 Å². The third-order valence-electron chi connectivity index (χ3n) is 2.24. The first-order valence-electron chi connectivity index (χ1n) is 4.77. The summed E-state index contributed by atoms with van der Waals surface area (Å²) in [5.41, 5.74) is 3.59. The van der Waals surface area contributed by atoms with Crippen LogP contribution in [0.3, 0.4) is 0 Å². The summed E-state index contributed by atoms with van der Waals surface area (Å²) < 4.78 is 2.02. The van der Waals surface area contributed by atoms with E-state index in [4.69, 9.17) is 0 Å². The molecule has 3 heteroatoms. The number of aryl methyl sites for hydroxylation is 1. The second kappa shape index (κ2) is 3.58. The van der Waals surface area contributed by atoms with Gasteiger partial charge in [-0.1, -0.05) is 0 Å². The van der Waals surface area contributed by atoms with Gasteiger partial charge in [0.05, 0.1) is 5.69 Å². The number of hydrogen-bond acceptors (Lipinski definition) is 2. The van der Waals surface area contributed by atoms with Crippen LogP contribution in [0.2, 0.25) is 0 Å². The summed E-state index contributed by atoms with van der Waals surface area (Å²) in [5.74, 6) is 0. The fraction of sp³-hybridized carbons (Fsp3) is 0.364. The zero-order valence-electron chi connectivity index (χ0n) is 8.69. The minimum Gasteiger partial charge on any atom is -0.269 e. The molecule has 0 spiro atoms. The third kappa shape index (κ3) is 1.60. The molecule has 2 aromatic heterocycles. The molecule has 0 N–H and O–H groups in total. The van der Waals surface area contributed by atoms with E-state index in [-0.39, 0.29) is 0 Å². The van der Waals surface area contributed by atoms with Gasteiger partial charge < -0.3 is 0 Å². The van der Waals surface area contributed by atoms with E-state index < -0.39 is 0 Å². The standard InChI is InChI=1S/C11H14N2S/c1-8(2)13-6-9(3)11(12-13)10-4-5-14-7-10/h4-8H,1-3H3. The summed E-state index contributed by atoms with van der Waals surface area (Å²) in [4.78, 5) is 0. The smallest absolute Gasteiger partial charge is 0.0960 e. The number of hydrogen-bond donors (Lipinski definition) is 0. The van der Waals surface area contributed by atoms with Crippen molar-refractivity contribution in [2.45, 2.75) is 26.8 Å². The molecule has 0 aliphatic carbocycles. The molecule has 0 radical (unpaired) electrons. The normalized spacial score (nSPS) is 11.1. The Bertz CT molecular complexity index is 412. The number of thiophene rings is 1. The minimum absolute atomic E-state index is 0.432. The summed E-state index contributed by atoms with van der Waals surface area (Å²) in [6, 6.07) is 2.55. The molecule has 14 heavy (non-hydrogen) atoms. The molecule has 2 aromatic rings. The van der Waals surface area contributed by atoms with Crippen LogP contribution in [0.5, 0.6) is 0 Å². The number of rotatable bonds is 2. The predicted molar refractivity (Wildman–Crippen MR) is 60.7 cm³/mol. The maximum Gasteiger partial charge on any atom is 0.0960 e. The van der Waals surface area contributed by atoms with Crippen LogP contribution < -0.4 is 0 Å². The highest BCUT2D eigenvalue weighted by molar-refractivity contribution is 7.08. The van der Waals surface area contributed by atoms with Gasteiger partial charge >= 0.3 is 0 Å². The lowest BCUT2D eigenvalue weighted by Gasteiger charge is -2.03. The fourth-order valence-corrected chi connectivity index (χ4v) is 2.07. The Labute approximate surface area is 88.2 Å². The molecule has 0 aromatic carbocycles. The van der Waals surface area contributed by atoms with E-state index in [1.165, 1.54) is 11.1 Å². The Balaban J connectivity index is 2.45. The molecule has 0 amide bonds. The van der Waals surface area contributed by atoms with Gasteiger partial charge in [0.15, 0.2) is 0 Å². The minimum atomic E-state index is 0.432. The molecule has 0 saturated heterocycles. The van der Waals surface area contributed by atoms with E-state index in [0.717, 1.165) is 5.69 Å². The zero-order valence-corrected chi connectivity index (χ0v) is 9.51. The first-order chi connectivity index (χ1) is 6.68. The van der Waals surface area contributed by atoms with Crippen molar-refractivity contribution in [1.29, 1.82) is 0 Å². The SMILES string of the molecule is Cc1cn(C(C)C)nc1-c1ccsc1. The van der Waals surface area contributed by atoms with Gasteiger partial charge in [0.1, 0.15) is 0 Å². The van der Waals surface area contributed by atoms with Gasteiger partial charge in [0.25, 0.3) is 0 Å². The first-order valence-corrected chi connectivity index (χ1v) is 5.71. The maximum atomic E-state index is 4.58. The van der Waals surface area contributed by atoms with Crippen molar-refractivity contribution in [2.75, 3.05) is 0 Å². The van der Waals surface area contributed by atoms with Crippen molar-refractivity contribution in [3.8, 4) is 11.3 Å². The Morgan fingerprint density at radius 2 is 2.21 bits per heavy atom. The molecular weight excluding hydrogens is 192 g/mol. The molecule has 0 aliphatic heterocycles. The Kier molecular flexibility index (Phi) is 2.42. The highest BCUT2D eigenvalue weighted by atomic mass is 32.1. The predicted octanol–water partition coefficient (Wildman–Crippen LogP) is 3.50. The van der Waals surface area contributed by atoms with Crippen LogP contribution in [0.4, 0.5) is 0 Å². The van der Waals surface area contributed by atoms with Crippen molar-refractivity contribution in [2.24, 2.45) is 0 Å². The summed E-state index contributed by atoms with van der Waals surface area (Å²) in [5, 5.41) is 8.80. The first kappa shape index (κ1) is 9.46. The highest BCUT2D eigenvalue weighted by Crippen LogP contribution is 2.24. The third-order valence-corrected chi connectivity index (χ3v) is 2.92. The summed E-state index contributed by atoms with van der Waals surface area (Å²) in [6.45, 7) is 6.40. The van der Waals surface area contributed by atoms with Gasteiger partial charge in [-0.05, 0) is 37.8 Å². The zero-order chi connectivity index (χ0) is 10.1. The maximum absolute atomic E-state index is 4.58. The van der Waals surface area contributed by atoms with Gasteiger partial charge in [-0.2, -0.15) is 16.4 Å². The Morgan fingerprint density at radius 3 is 2.71 bits per heavy atom. The van der Waals surface area contributed by atoms with E-state index in [1.54, 1.807) is 11.3 Å². The highest BCUT2D eigenvalue weighted by Gasteiger charge is 2.09. The van der Waals surface area contributed by atoms with E-state index >= 15 is 0 Å². The van der Waals surface area contributed by atoms with Crippen molar-refractivity contribution in [1.82, 2.24) is 9.78 Å². The van der Waals surface area contributed by atoms with Crippen LogP contribution in [0.15, 0.2) is 23.0 Å². The lowest BCUT2D eigenvalue weighted by molar-refractivity contribution is 0.533. The van der Waals surface area contributed by atoms with E-state index in [1.807, 2.05) is 4.68 Å². The molecule has 2 nitrogen and oxygen atoms in total. The van der Waals surface area contributed by atoms with Crippen LogP contribution in [0, 0.1) is 6.92 Å². The molecule has 2 heterocycles. The Morgan fingerprint density at radius 1 is 1.43 bits per heavy atom. The lowest BCUT2D eigenvalue weighted by Crippen LogP contribution is -2.00. The molecule has 0 saturated carbocycles. The van der Waals surface area contributed by atoms with Gasteiger partial charge in [0.2, 0.25) is 0 Å². The second-order valence-corrected chi connectivity index (χ2v) is 4.53. The average Bonchev–Trinajstić information content (AvgIpc) is 2.71. The van der Waals surface area contributed by atoms with E-state index in [2.05, 4.69) is 48.9 Å². The molecule has 0 unspecified atom stereocenters. The summed E-state index contributed by atoms with van der Waals surface area (Å²) >= 11 is 1.71. The van der Waals surface area contributed by atoms with Gasteiger partial charge in [-0.15, -0.1) is 0 Å². The van der Waals surface area contributed by atoms with Gasteiger partial charge in [0, 0.05) is 23.2 Å². The summed E-state index contributed by atoms with van der Waals surface area (Å²) in [6.07, 6.45) is 2.11. The van der Waals surface area contributed by atoms with Crippen molar-refractivity contribution in [3.63, 3.8) is 0 Å². The quantitative estimate of drug-likeness (QED) is 0.735. The topological polar surface area (TPSA) is 17.8 Å². The fourth-order valence-electron chi connectivity index (χ4n) is 1.43. The largest absolute Gasteiger partial charge is 0.269 e. The number of nitrogens with zero attached hydrogens (tertiary/aromatic N) is 2. The van der Waals surface area contributed by atoms with Crippen LogP contribution in [-0.2, 0) is 0 Å². The lowest BCUT2D eigenvalue weighted by atomic mass is 10.2. The van der Waals surface area contributed by atoms with Gasteiger partial charge in [-0.25, -0.2) is 0 Å². The molecule has 0 fully saturated rings. The Hall–Kier alpha value is -1.09. The molecular formula is C11H14N2S. The van der Waals surface area contributed by atoms with Crippen LogP contribution in [-0.4, -0.2) is 9.78 Å². The molecule has 0 atom stereocenters. The van der Waals surface area contributed by atoms with Crippen molar-refractivity contribution in [3.05, 3.63) is 28.6 Å². The molecule has 74 valence electrons. The van der Waals surface area contributed by atoms with Gasteiger partial charge in [-0.3, -0.25) is 4.68 Å². The molecule has 0 bridgehead atoms. The van der Waals surface area contributed by atoms with Crippen LogP contribution in [0.1, 0.15) is 25.5 Å². The van der Waals surface area contributed by atoms with Crippen LogP contribution in [0.25, 0.3) is 11.3 Å². The number of aromatic nitrogens is 2. The van der Waals surface area contributed by atoms with E-state index in [0.29, 0.717) is 6.04 Å². The monoisotopic (exact) mass is 206 g/mol. The summed E-state index contributed by atoms with van der Waals surface area (Å²) in [7, 11) is 0. The average molecular weight is 206 g/mol. The molecule has 2 rings (SSSR count). The van der Waals surface area contributed by atoms with E-state index in [9.17, 15) is 0 Å². The molecule has 0 aliphatic rings. The second-order valence-electron chi connectivity index (χ2n) is 3.75. The van der Waals surface area contributed by atoms with Crippen molar-refractivity contribution < 1.29 is 0 Å². The van der Waals surface area contributed by atoms with Crippen LogP contribution >= 0.6 is 11.3 Å².